The number of carbonyl (C=O) groups excluding carboxylic acids is 1. The first-order chi connectivity index (χ1) is 11.2. The number of carbonyl (C=O) groups is 1. The molecule has 120 valence electrons. The minimum Gasteiger partial charge on any atom is -0.462 e. The summed E-state index contributed by atoms with van der Waals surface area (Å²) in [5.74, 6) is -0.351. The van der Waals surface area contributed by atoms with Crippen molar-refractivity contribution in [2.24, 2.45) is 0 Å². The van der Waals surface area contributed by atoms with Gasteiger partial charge in [-0.2, -0.15) is 0 Å². The van der Waals surface area contributed by atoms with Crippen LogP contribution in [0.4, 0.5) is 5.69 Å². The number of para-hydroxylation sites is 1. The van der Waals surface area contributed by atoms with Crippen molar-refractivity contribution in [1.82, 2.24) is 0 Å². The summed E-state index contributed by atoms with van der Waals surface area (Å²) in [6.45, 7) is 6.46. The summed E-state index contributed by atoms with van der Waals surface area (Å²) in [5, 5.41) is 3.37. The fourth-order valence-corrected chi connectivity index (χ4v) is 2.24. The first kappa shape index (κ1) is 16.8. The second-order valence-electron chi connectivity index (χ2n) is 5.37. The molecule has 23 heavy (non-hydrogen) atoms. The smallest absolute Gasteiger partial charge is 0.335 e. The molecule has 0 aliphatic rings. The molecular weight excluding hydrogens is 286 g/mol. The molecule has 0 aromatic heterocycles. The second-order valence-corrected chi connectivity index (χ2v) is 5.37. The molecule has 0 spiro atoms. The molecule has 1 atom stereocenters. The number of hydrogen-bond donors (Lipinski definition) is 1. The van der Waals surface area contributed by atoms with E-state index in [1.165, 1.54) is 0 Å². The van der Waals surface area contributed by atoms with E-state index in [2.05, 4.69) is 18.8 Å². The molecule has 0 radical (unpaired) electrons. The molecule has 1 N–H and O–H groups in total. The molecule has 2 aromatic carbocycles. The van der Waals surface area contributed by atoms with Gasteiger partial charge >= 0.3 is 5.97 Å². The zero-order valence-electron chi connectivity index (χ0n) is 13.5. The minimum absolute atomic E-state index is 0.312. The summed E-state index contributed by atoms with van der Waals surface area (Å²) in [6, 6.07) is 19.3. The van der Waals surface area contributed by atoms with Gasteiger partial charge in [0.05, 0.1) is 18.2 Å². The van der Waals surface area contributed by atoms with Crippen LogP contribution in [0.2, 0.25) is 0 Å². The van der Waals surface area contributed by atoms with Crippen molar-refractivity contribution in [1.29, 1.82) is 0 Å². The van der Waals surface area contributed by atoms with Gasteiger partial charge < -0.3 is 10.1 Å². The molecule has 0 aliphatic carbocycles. The van der Waals surface area contributed by atoms with E-state index in [0.29, 0.717) is 12.2 Å². The highest BCUT2D eigenvalue weighted by molar-refractivity contribution is 5.90. The average molecular weight is 309 g/mol. The lowest BCUT2D eigenvalue weighted by Crippen LogP contribution is -2.20. The van der Waals surface area contributed by atoms with Gasteiger partial charge in [0.25, 0.3) is 0 Å². The maximum Gasteiger partial charge on any atom is 0.335 e. The molecular formula is C20H23NO2. The predicted octanol–water partition coefficient (Wildman–Crippen LogP) is 4.74. The second kappa shape index (κ2) is 8.79. The third-order valence-corrected chi connectivity index (χ3v) is 3.56. The van der Waals surface area contributed by atoms with Crippen LogP contribution in [0.15, 0.2) is 72.8 Å². The van der Waals surface area contributed by atoms with Crippen molar-refractivity contribution < 1.29 is 9.53 Å². The Labute approximate surface area is 138 Å². The standard InChI is InChI=1S/C20H23NO2/c1-3-4-15-23-20(22)16(2)19(17-11-7-5-8-12-17)21-18-13-9-6-10-14-18/h5-14,19,21H,2-4,15H2,1H3. The molecule has 3 heteroatoms. The van der Waals surface area contributed by atoms with Gasteiger partial charge in [0, 0.05) is 5.69 Å². The monoisotopic (exact) mass is 309 g/mol. The molecule has 2 aromatic rings. The molecule has 0 bridgehead atoms. The van der Waals surface area contributed by atoms with E-state index in [1.54, 1.807) is 0 Å². The highest BCUT2D eigenvalue weighted by atomic mass is 16.5. The number of nitrogens with one attached hydrogen (secondary N) is 1. The number of esters is 1. The Morgan fingerprint density at radius 1 is 1.09 bits per heavy atom. The van der Waals surface area contributed by atoms with Crippen LogP contribution in [-0.4, -0.2) is 12.6 Å². The van der Waals surface area contributed by atoms with Gasteiger partial charge in [-0.25, -0.2) is 4.79 Å². The third kappa shape index (κ3) is 4.99. The molecule has 0 fully saturated rings. The number of unbranched alkanes of at least 4 members (excludes halogenated alkanes) is 1. The van der Waals surface area contributed by atoms with Crippen LogP contribution in [0, 0.1) is 0 Å². The summed E-state index contributed by atoms with van der Waals surface area (Å²) in [5.41, 5.74) is 2.33. The number of benzene rings is 2. The summed E-state index contributed by atoms with van der Waals surface area (Å²) in [7, 11) is 0. The van der Waals surface area contributed by atoms with Gasteiger partial charge in [0.2, 0.25) is 0 Å². The zero-order chi connectivity index (χ0) is 16.5. The highest BCUT2D eigenvalue weighted by Gasteiger charge is 2.22. The van der Waals surface area contributed by atoms with Crippen LogP contribution in [0.3, 0.4) is 0 Å². The van der Waals surface area contributed by atoms with Gasteiger partial charge in [-0.15, -0.1) is 0 Å². The van der Waals surface area contributed by atoms with E-state index >= 15 is 0 Å². The van der Waals surface area contributed by atoms with E-state index in [-0.39, 0.29) is 12.0 Å². The lowest BCUT2D eigenvalue weighted by molar-refractivity contribution is -0.139. The van der Waals surface area contributed by atoms with Crippen LogP contribution in [-0.2, 0) is 9.53 Å². The minimum atomic E-state index is -0.351. The maximum atomic E-state index is 12.3. The van der Waals surface area contributed by atoms with E-state index in [1.807, 2.05) is 60.7 Å². The summed E-state index contributed by atoms with van der Waals surface area (Å²) in [6.07, 6.45) is 1.85. The predicted molar refractivity (Wildman–Crippen MR) is 94.3 cm³/mol. The van der Waals surface area contributed by atoms with E-state index < -0.39 is 0 Å². The Morgan fingerprint density at radius 3 is 2.30 bits per heavy atom. The van der Waals surface area contributed by atoms with Gasteiger partial charge in [0.15, 0.2) is 0 Å². The van der Waals surface area contributed by atoms with E-state index in [4.69, 9.17) is 4.74 Å². The van der Waals surface area contributed by atoms with Gasteiger partial charge in [-0.3, -0.25) is 0 Å². The largest absolute Gasteiger partial charge is 0.462 e. The molecule has 1 unspecified atom stereocenters. The fourth-order valence-electron chi connectivity index (χ4n) is 2.24. The Morgan fingerprint density at radius 2 is 1.70 bits per heavy atom. The molecule has 0 saturated heterocycles. The molecule has 0 amide bonds. The lowest BCUT2D eigenvalue weighted by Gasteiger charge is -2.22. The maximum absolute atomic E-state index is 12.3. The van der Waals surface area contributed by atoms with Crippen LogP contribution in [0.5, 0.6) is 0 Å². The molecule has 0 saturated carbocycles. The lowest BCUT2D eigenvalue weighted by atomic mass is 9.99. The highest BCUT2D eigenvalue weighted by Crippen LogP contribution is 2.26. The quantitative estimate of drug-likeness (QED) is 0.435. The molecule has 0 heterocycles. The summed E-state index contributed by atoms with van der Waals surface area (Å²) < 4.78 is 5.31. The van der Waals surface area contributed by atoms with Crippen molar-refractivity contribution in [3.05, 3.63) is 78.4 Å². The van der Waals surface area contributed by atoms with Crippen LogP contribution in [0.1, 0.15) is 31.4 Å². The van der Waals surface area contributed by atoms with Gasteiger partial charge in [-0.1, -0.05) is 68.5 Å². The Balaban J connectivity index is 2.16. The first-order valence-electron chi connectivity index (χ1n) is 7.94. The first-order valence-corrected chi connectivity index (χ1v) is 7.94. The van der Waals surface area contributed by atoms with Crippen molar-refractivity contribution >= 4 is 11.7 Å². The summed E-state index contributed by atoms with van der Waals surface area (Å²) >= 11 is 0. The number of ether oxygens (including phenoxy) is 1. The van der Waals surface area contributed by atoms with E-state index in [0.717, 1.165) is 24.1 Å². The van der Waals surface area contributed by atoms with Crippen molar-refractivity contribution in [2.45, 2.75) is 25.8 Å². The Hall–Kier alpha value is -2.55. The number of anilines is 1. The van der Waals surface area contributed by atoms with Gasteiger partial charge in [0.1, 0.15) is 0 Å². The number of rotatable bonds is 8. The van der Waals surface area contributed by atoms with E-state index in [9.17, 15) is 4.79 Å². The van der Waals surface area contributed by atoms with Crippen LogP contribution >= 0.6 is 0 Å². The fraction of sp³-hybridized carbons (Fsp3) is 0.250. The molecule has 0 aliphatic heterocycles. The normalized spacial score (nSPS) is 11.5. The zero-order valence-corrected chi connectivity index (χ0v) is 13.5. The van der Waals surface area contributed by atoms with Crippen LogP contribution in [0.25, 0.3) is 0 Å². The Bertz CT molecular complexity index is 623. The van der Waals surface area contributed by atoms with Crippen molar-refractivity contribution in [3.63, 3.8) is 0 Å². The Kier molecular flexibility index (Phi) is 6.42. The number of hydrogen-bond acceptors (Lipinski definition) is 3. The molecule has 2 rings (SSSR count). The third-order valence-electron chi connectivity index (χ3n) is 3.56. The van der Waals surface area contributed by atoms with Crippen molar-refractivity contribution in [2.75, 3.05) is 11.9 Å². The SMILES string of the molecule is C=C(C(=O)OCCCC)C(Nc1ccccc1)c1ccccc1. The van der Waals surface area contributed by atoms with Crippen molar-refractivity contribution in [3.8, 4) is 0 Å². The average Bonchev–Trinajstić information content (AvgIpc) is 2.61. The van der Waals surface area contributed by atoms with Crippen LogP contribution < -0.4 is 5.32 Å². The van der Waals surface area contributed by atoms with Gasteiger partial charge in [-0.05, 0) is 24.1 Å². The summed E-state index contributed by atoms with van der Waals surface area (Å²) in [4.78, 5) is 12.3. The molecule has 3 nitrogen and oxygen atoms in total. The topological polar surface area (TPSA) is 38.3 Å².